The molecule has 0 atom stereocenters. The van der Waals surface area contributed by atoms with Crippen LogP contribution in [-0.4, -0.2) is 9.97 Å². The average molecular weight is 143 g/mol. The highest BCUT2D eigenvalue weighted by atomic mass is 19.1. The van der Waals surface area contributed by atoms with Crippen molar-refractivity contribution in [2.75, 3.05) is 0 Å². The Morgan fingerprint density at radius 2 is 2.10 bits per heavy atom. The van der Waals surface area contributed by atoms with Gasteiger partial charge in [-0.25, -0.2) is 20.3 Å². The molecule has 1 rings (SSSR count). The van der Waals surface area contributed by atoms with Crippen molar-refractivity contribution in [3.63, 3.8) is 0 Å². The van der Waals surface area contributed by atoms with Crippen LogP contribution in [0.1, 0.15) is 5.82 Å². The maximum absolute atomic E-state index is 12.1. The summed E-state index contributed by atoms with van der Waals surface area (Å²) in [5.74, 6) is 4.62. The third-order valence-electron chi connectivity index (χ3n) is 0.886. The van der Waals surface area contributed by atoms with Crippen molar-refractivity contribution >= 4 is 0 Å². The Kier molecular flexibility index (Phi) is 2.24. The molecule has 0 bridgehead atoms. The molecular weight excluding hydrogens is 137 g/mol. The zero-order chi connectivity index (χ0) is 7.40. The second kappa shape index (κ2) is 3.19. The number of nitrogens with zero attached hydrogens (tertiary/aromatic N) is 2. The zero-order valence-corrected chi connectivity index (χ0v) is 5.12. The first-order valence-corrected chi connectivity index (χ1v) is 2.61. The van der Waals surface area contributed by atoms with Crippen LogP contribution in [0.3, 0.4) is 0 Å². The summed E-state index contributed by atoms with van der Waals surface area (Å²) in [5, 5.41) is 0. The van der Waals surface area contributed by atoms with Crippen LogP contribution in [0.25, 0.3) is 0 Å². The lowest BCUT2D eigenvalue weighted by atomic mass is 10.6. The average Bonchev–Trinajstić information content (AvgIpc) is 1.95. The van der Waals surface area contributed by atoms with E-state index in [2.05, 4.69) is 14.8 Å². The zero-order valence-electron chi connectivity index (χ0n) is 5.12. The van der Waals surface area contributed by atoms with Gasteiger partial charge in [-0.15, -0.1) is 0 Å². The molecule has 54 valence electrons. The molecule has 0 fully saturated rings. The van der Waals surface area contributed by atoms with E-state index in [4.69, 9.17) is 5.90 Å². The van der Waals surface area contributed by atoms with Gasteiger partial charge in [0.15, 0.2) is 11.6 Å². The first-order valence-electron chi connectivity index (χ1n) is 2.61. The molecule has 1 aromatic rings. The number of nitrogens with two attached hydrogens (primary N) is 1. The van der Waals surface area contributed by atoms with Crippen LogP contribution < -0.4 is 5.90 Å². The first-order chi connectivity index (χ1) is 4.83. The molecule has 4 nitrogen and oxygen atoms in total. The van der Waals surface area contributed by atoms with Gasteiger partial charge in [-0.1, -0.05) is 0 Å². The Bertz CT molecular complexity index is 201. The Labute approximate surface area is 56.8 Å². The van der Waals surface area contributed by atoms with Gasteiger partial charge in [0.25, 0.3) is 0 Å². The SMILES string of the molecule is NOCc1ncc(F)cn1. The first kappa shape index (κ1) is 7.04. The van der Waals surface area contributed by atoms with Crippen LogP contribution in [0.4, 0.5) is 4.39 Å². The summed E-state index contributed by atoms with van der Waals surface area (Å²) in [6, 6.07) is 0. The number of aromatic nitrogens is 2. The maximum Gasteiger partial charge on any atom is 0.159 e. The Hall–Kier alpha value is -1.07. The van der Waals surface area contributed by atoms with E-state index < -0.39 is 5.82 Å². The Morgan fingerprint density at radius 3 is 2.60 bits per heavy atom. The van der Waals surface area contributed by atoms with Gasteiger partial charge < -0.3 is 0 Å². The predicted molar refractivity (Wildman–Crippen MR) is 31.0 cm³/mol. The minimum absolute atomic E-state index is 0.0975. The molecule has 0 saturated heterocycles. The van der Waals surface area contributed by atoms with E-state index in [9.17, 15) is 4.39 Å². The second-order valence-electron chi connectivity index (χ2n) is 1.63. The van der Waals surface area contributed by atoms with E-state index in [-0.39, 0.29) is 6.61 Å². The molecule has 0 aliphatic heterocycles. The lowest BCUT2D eigenvalue weighted by Gasteiger charge is -1.94. The molecule has 0 aliphatic rings. The molecule has 0 amide bonds. The molecule has 0 unspecified atom stereocenters. The fourth-order valence-electron chi connectivity index (χ4n) is 0.488. The summed E-state index contributed by atoms with van der Waals surface area (Å²) >= 11 is 0. The summed E-state index contributed by atoms with van der Waals surface area (Å²) in [4.78, 5) is 11.4. The van der Waals surface area contributed by atoms with Crippen molar-refractivity contribution in [1.29, 1.82) is 0 Å². The van der Waals surface area contributed by atoms with Gasteiger partial charge in [0.2, 0.25) is 0 Å². The van der Waals surface area contributed by atoms with Gasteiger partial charge in [-0.3, -0.25) is 4.84 Å². The molecule has 0 spiro atoms. The lowest BCUT2D eigenvalue weighted by molar-refractivity contribution is 0.118. The summed E-state index contributed by atoms with van der Waals surface area (Å²) in [6.07, 6.45) is 2.11. The highest BCUT2D eigenvalue weighted by Crippen LogP contribution is 1.92. The molecule has 10 heavy (non-hydrogen) atoms. The summed E-state index contributed by atoms with van der Waals surface area (Å²) in [6.45, 7) is 0.0975. The molecule has 1 heterocycles. The summed E-state index contributed by atoms with van der Waals surface area (Å²) < 4.78 is 12.1. The maximum atomic E-state index is 12.1. The van der Waals surface area contributed by atoms with Crippen LogP contribution in [0.2, 0.25) is 0 Å². The van der Waals surface area contributed by atoms with E-state index >= 15 is 0 Å². The summed E-state index contributed by atoms with van der Waals surface area (Å²) in [7, 11) is 0. The standard InChI is InChI=1S/C5H6FN3O/c6-4-1-8-5(3-10-7)9-2-4/h1-2H,3,7H2. The van der Waals surface area contributed by atoms with Crippen LogP contribution in [0.15, 0.2) is 12.4 Å². The Morgan fingerprint density at radius 1 is 1.50 bits per heavy atom. The molecule has 0 aromatic carbocycles. The normalized spacial score (nSPS) is 9.80. The van der Waals surface area contributed by atoms with E-state index in [1.807, 2.05) is 0 Å². The largest absolute Gasteiger partial charge is 0.296 e. The van der Waals surface area contributed by atoms with Gasteiger partial charge >= 0.3 is 0 Å². The molecule has 0 saturated carbocycles. The predicted octanol–water partition coefficient (Wildman–Crippen LogP) is 0.00600. The van der Waals surface area contributed by atoms with E-state index in [1.54, 1.807) is 0 Å². The minimum atomic E-state index is -0.472. The quantitative estimate of drug-likeness (QED) is 0.592. The fraction of sp³-hybridized carbons (Fsp3) is 0.200. The number of halogens is 1. The third kappa shape index (κ3) is 1.71. The molecule has 0 aliphatic carbocycles. The lowest BCUT2D eigenvalue weighted by Crippen LogP contribution is -2.03. The van der Waals surface area contributed by atoms with Crippen molar-refractivity contribution in [2.24, 2.45) is 5.90 Å². The van der Waals surface area contributed by atoms with E-state index in [0.717, 1.165) is 12.4 Å². The van der Waals surface area contributed by atoms with Crippen LogP contribution >= 0.6 is 0 Å². The molecular formula is C5H6FN3O. The van der Waals surface area contributed by atoms with E-state index in [1.165, 1.54) is 0 Å². The van der Waals surface area contributed by atoms with Crippen LogP contribution in [-0.2, 0) is 11.4 Å². The number of hydrogen-bond acceptors (Lipinski definition) is 4. The van der Waals surface area contributed by atoms with Crippen molar-refractivity contribution < 1.29 is 9.23 Å². The summed E-state index contributed by atoms with van der Waals surface area (Å²) in [5.41, 5.74) is 0. The van der Waals surface area contributed by atoms with Crippen LogP contribution in [0.5, 0.6) is 0 Å². The van der Waals surface area contributed by atoms with Crippen molar-refractivity contribution in [3.05, 3.63) is 24.0 Å². The van der Waals surface area contributed by atoms with Gasteiger partial charge in [-0.2, -0.15) is 0 Å². The number of hydrogen-bond donors (Lipinski definition) is 1. The number of rotatable bonds is 2. The van der Waals surface area contributed by atoms with Crippen molar-refractivity contribution in [1.82, 2.24) is 9.97 Å². The highest BCUT2D eigenvalue weighted by Gasteiger charge is 1.94. The van der Waals surface area contributed by atoms with Gasteiger partial charge in [-0.05, 0) is 0 Å². The van der Waals surface area contributed by atoms with Gasteiger partial charge in [0.1, 0.15) is 6.61 Å². The van der Waals surface area contributed by atoms with Gasteiger partial charge in [0.05, 0.1) is 12.4 Å². The van der Waals surface area contributed by atoms with E-state index in [0.29, 0.717) is 5.82 Å². The van der Waals surface area contributed by atoms with Crippen molar-refractivity contribution in [3.8, 4) is 0 Å². The van der Waals surface area contributed by atoms with Crippen molar-refractivity contribution in [2.45, 2.75) is 6.61 Å². The highest BCUT2D eigenvalue weighted by molar-refractivity contribution is 4.89. The fourth-order valence-corrected chi connectivity index (χ4v) is 0.488. The van der Waals surface area contributed by atoms with Gasteiger partial charge in [0, 0.05) is 0 Å². The van der Waals surface area contributed by atoms with Crippen LogP contribution in [0, 0.1) is 5.82 Å². The second-order valence-corrected chi connectivity index (χ2v) is 1.63. The smallest absolute Gasteiger partial charge is 0.159 e. The minimum Gasteiger partial charge on any atom is -0.296 e. The Balaban J connectivity index is 2.69. The molecule has 5 heteroatoms. The topological polar surface area (TPSA) is 61.0 Å². The molecule has 2 N–H and O–H groups in total. The monoisotopic (exact) mass is 143 g/mol. The third-order valence-corrected chi connectivity index (χ3v) is 0.886. The molecule has 0 radical (unpaired) electrons. The molecule has 1 aromatic heterocycles.